The molecule has 186 valence electrons. The summed E-state index contributed by atoms with van der Waals surface area (Å²) in [4.78, 5) is 11.2. The van der Waals surface area contributed by atoms with E-state index >= 15 is 0 Å². The molecule has 0 radical (unpaired) electrons. The minimum absolute atomic E-state index is 0.0191. The number of anilines is 2. The molecule has 0 aromatic heterocycles. The van der Waals surface area contributed by atoms with Crippen molar-refractivity contribution in [1.82, 2.24) is 0 Å². The summed E-state index contributed by atoms with van der Waals surface area (Å²) >= 11 is 0. The molecule has 3 aromatic rings. The third-order valence-corrected chi connectivity index (χ3v) is 8.17. The first-order valence-electron chi connectivity index (χ1n) is 11.5. The van der Waals surface area contributed by atoms with Gasteiger partial charge in [-0.3, -0.25) is 4.72 Å². The molecule has 0 fully saturated rings. The molecule has 3 atom stereocenters. The SMILES string of the molecule is COc1ccc([C@H]2Nc3ccc(S(=O)(=O)Nc4ccc(C(=O)O)cc4)cc3[C@H]3C=CC[C@H]32)cc1OC. The third kappa shape index (κ3) is 4.26. The zero-order valence-electron chi connectivity index (χ0n) is 19.8. The van der Waals surface area contributed by atoms with Gasteiger partial charge in [0.05, 0.1) is 30.7 Å². The standard InChI is InChI=1S/C27H26N2O6S/c1-34-24-13-8-17(14-25(24)35-2)26-21-5-3-4-20(21)22-15-19(11-12-23(22)28-26)36(32,33)29-18-9-6-16(7-10-18)27(30)31/h3-4,6-15,20-21,26,28-29H,5H2,1-2H3,(H,30,31)/t20-,21+,26+/m0/s1. The molecule has 3 N–H and O–H groups in total. The highest BCUT2D eigenvalue weighted by molar-refractivity contribution is 7.92. The van der Waals surface area contributed by atoms with Crippen LogP contribution in [0.4, 0.5) is 11.4 Å². The lowest BCUT2D eigenvalue weighted by Crippen LogP contribution is -2.29. The van der Waals surface area contributed by atoms with Crippen LogP contribution in [-0.4, -0.2) is 33.7 Å². The van der Waals surface area contributed by atoms with Crippen LogP contribution in [0.2, 0.25) is 0 Å². The largest absolute Gasteiger partial charge is 0.493 e. The first kappa shape index (κ1) is 23.7. The monoisotopic (exact) mass is 506 g/mol. The van der Waals surface area contributed by atoms with E-state index in [4.69, 9.17) is 14.6 Å². The Morgan fingerprint density at radius 2 is 1.75 bits per heavy atom. The minimum Gasteiger partial charge on any atom is -0.493 e. The van der Waals surface area contributed by atoms with Crippen LogP contribution < -0.4 is 19.5 Å². The Hall–Kier alpha value is -3.98. The van der Waals surface area contributed by atoms with Gasteiger partial charge in [-0.2, -0.15) is 0 Å². The molecule has 2 aliphatic rings. The highest BCUT2D eigenvalue weighted by Crippen LogP contribution is 2.51. The van der Waals surface area contributed by atoms with Crippen molar-refractivity contribution >= 4 is 27.4 Å². The van der Waals surface area contributed by atoms with E-state index in [-0.39, 0.29) is 28.3 Å². The maximum absolute atomic E-state index is 13.1. The van der Waals surface area contributed by atoms with Crippen LogP contribution in [0.3, 0.4) is 0 Å². The smallest absolute Gasteiger partial charge is 0.335 e. The number of hydrogen-bond donors (Lipinski definition) is 3. The molecule has 0 saturated heterocycles. The summed E-state index contributed by atoms with van der Waals surface area (Å²) in [6, 6.07) is 16.6. The summed E-state index contributed by atoms with van der Waals surface area (Å²) in [7, 11) is -0.652. The van der Waals surface area contributed by atoms with Crippen LogP contribution in [0.15, 0.2) is 77.7 Å². The number of benzene rings is 3. The number of carboxylic acids is 1. The Kier molecular flexibility index (Phi) is 6.09. The van der Waals surface area contributed by atoms with Crippen LogP contribution in [0.5, 0.6) is 11.5 Å². The number of rotatable bonds is 7. The van der Waals surface area contributed by atoms with Crippen molar-refractivity contribution < 1.29 is 27.8 Å². The van der Waals surface area contributed by atoms with Crippen LogP contribution >= 0.6 is 0 Å². The van der Waals surface area contributed by atoms with Crippen molar-refractivity contribution in [3.8, 4) is 11.5 Å². The van der Waals surface area contributed by atoms with Crippen molar-refractivity contribution in [3.63, 3.8) is 0 Å². The summed E-state index contributed by atoms with van der Waals surface area (Å²) < 4.78 is 39.7. The van der Waals surface area contributed by atoms with Crippen LogP contribution in [0, 0.1) is 5.92 Å². The van der Waals surface area contributed by atoms with Gasteiger partial charge < -0.3 is 19.9 Å². The Balaban J connectivity index is 1.45. The topological polar surface area (TPSA) is 114 Å². The highest BCUT2D eigenvalue weighted by atomic mass is 32.2. The number of carboxylic acid groups (broad SMARTS) is 1. The lowest BCUT2D eigenvalue weighted by Gasteiger charge is -2.38. The van der Waals surface area contributed by atoms with Gasteiger partial charge in [-0.25, -0.2) is 13.2 Å². The van der Waals surface area contributed by atoms with Gasteiger partial charge in [0, 0.05) is 17.3 Å². The fraction of sp³-hybridized carbons (Fsp3) is 0.222. The van der Waals surface area contributed by atoms with E-state index in [0.717, 1.165) is 23.2 Å². The number of carbonyl (C=O) groups is 1. The fourth-order valence-corrected chi connectivity index (χ4v) is 6.10. The molecule has 8 nitrogen and oxygen atoms in total. The van der Waals surface area contributed by atoms with Gasteiger partial charge in [0.1, 0.15) is 0 Å². The second kappa shape index (κ2) is 9.23. The zero-order valence-corrected chi connectivity index (χ0v) is 20.6. The number of allylic oxidation sites excluding steroid dienone is 2. The summed E-state index contributed by atoms with van der Waals surface area (Å²) in [5.41, 5.74) is 3.26. The molecule has 3 aromatic carbocycles. The van der Waals surface area contributed by atoms with E-state index in [0.29, 0.717) is 17.2 Å². The van der Waals surface area contributed by atoms with E-state index in [9.17, 15) is 13.2 Å². The minimum atomic E-state index is -3.87. The quantitative estimate of drug-likeness (QED) is 0.385. The van der Waals surface area contributed by atoms with Gasteiger partial charge in [-0.1, -0.05) is 18.2 Å². The molecular formula is C27H26N2O6S. The summed E-state index contributed by atoms with van der Waals surface area (Å²) in [6.45, 7) is 0. The van der Waals surface area contributed by atoms with Gasteiger partial charge in [0.2, 0.25) is 0 Å². The molecule has 9 heteroatoms. The summed E-state index contributed by atoms with van der Waals surface area (Å²) in [5, 5.41) is 12.7. The van der Waals surface area contributed by atoms with Gasteiger partial charge in [-0.05, 0) is 78.1 Å². The fourth-order valence-electron chi connectivity index (χ4n) is 5.01. The van der Waals surface area contributed by atoms with Gasteiger partial charge in [0.25, 0.3) is 10.0 Å². The van der Waals surface area contributed by atoms with E-state index < -0.39 is 16.0 Å². The normalized spacial score (nSPS) is 20.1. The number of aromatic carboxylic acids is 1. The summed E-state index contributed by atoms with van der Waals surface area (Å²) in [5.74, 6) is 0.527. The number of methoxy groups -OCH3 is 2. The van der Waals surface area contributed by atoms with Gasteiger partial charge in [0.15, 0.2) is 11.5 Å². The van der Waals surface area contributed by atoms with Crippen molar-refractivity contribution in [2.75, 3.05) is 24.3 Å². The molecule has 0 amide bonds. The Bertz CT molecular complexity index is 1450. The predicted octanol–water partition coefficient (Wildman–Crippen LogP) is 5.03. The molecule has 0 spiro atoms. The average molecular weight is 507 g/mol. The predicted molar refractivity (Wildman–Crippen MR) is 137 cm³/mol. The van der Waals surface area contributed by atoms with Gasteiger partial charge in [-0.15, -0.1) is 0 Å². The molecule has 1 aliphatic heterocycles. The number of sulfonamides is 1. The van der Waals surface area contributed by atoms with E-state index in [2.05, 4.69) is 22.2 Å². The first-order chi connectivity index (χ1) is 17.3. The average Bonchev–Trinajstić information content (AvgIpc) is 3.38. The highest BCUT2D eigenvalue weighted by Gasteiger charge is 2.38. The Labute approximate surface area is 209 Å². The molecule has 0 bridgehead atoms. The molecular weight excluding hydrogens is 480 g/mol. The Morgan fingerprint density at radius 3 is 2.44 bits per heavy atom. The zero-order chi connectivity index (χ0) is 25.4. The maximum Gasteiger partial charge on any atom is 0.335 e. The lowest BCUT2D eigenvalue weighted by molar-refractivity contribution is 0.0697. The van der Waals surface area contributed by atoms with Crippen molar-refractivity contribution in [2.45, 2.75) is 23.3 Å². The van der Waals surface area contributed by atoms with Crippen molar-refractivity contribution in [3.05, 3.63) is 89.5 Å². The van der Waals surface area contributed by atoms with Gasteiger partial charge >= 0.3 is 5.97 Å². The van der Waals surface area contributed by atoms with E-state index in [1.807, 2.05) is 18.2 Å². The first-order valence-corrected chi connectivity index (χ1v) is 12.9. The Morgan fingerprint density at radius 1 is 1.00 bits per heavy atom. The molecule has 1 aliphatic carbocycles. The molecule has 0 unspecified atom stereocenters. The van der Waals surface area contributed by atoms with Crippen LogP contribution in [0.1, 0.15) is 39.9 Å². The molecule has 5 rings (SSSR count). The van der Waals surface area contributed by atoms with Crippen LogP contribution in [-0.2, 0) is 10.0 Å². The number of hydrogen-bond acceptors (Lipinski definition) is 6. The number of ether oxygens (including phenoxy) is 2. The molecule has 36 heavy (non-hydrogen) atoms. The second-order valence-electron chi connectivity index (χ2n) is 8.83. The third-order valence-electron chi connectivity index (χ3n) is 6.80. The van der Waals surface area contributed by atoms with Crippen molar-refractivity contribution in [1.29, 1.82) is 0 Å². The number of nitrogens with one attached hydrogen (secondary N) is 2. The molecule has 1 heterocycles. The maximum atomic E-state index is 13.1. The summed E-state index contributed by atoms with van der Waals surface area (Å²) in [6.07, 6.45) is 5.15. The van der Waals surface area contributed by atoms with E-state index in [1.165, 1.54) is 24.3 Å². The lowest BCUT2D eigenvalue weighted by atomic mass is 9.77. The second-order valence-corrected chi connectivity index (χ2v) is 10.5. The van der Waals surface area contributed by atoms with Crippen LogP contribution in [0.25, 0.3) is 0 Å². The number of fused-ring (bicyclic) bond motifs is 3. The van der Waals surface area contributed by atoms with E-state index in [1.54, 1.807) is 32.4 Å². The molecule has 0 saturated carbocycles. The van der Waals surface area contributed by atoms with Crippen molar-refractivity contribution in [2.24, 2.45) is 5.92 Å².